The molecule has 0 radical (unpaired) electrons. The second-order valence-corrected chi connectivity index (χ2v) is 6.05. The molecule has 1 aromatic carbocycles. The monoisotopic (exact) mass is 294 g/mol. The maximum atomic E-state index is 11.7. The summed E-state index contributed by atoms with van der Waals surface area (Å²) in [4.78, 5) is 11.7. The molecular formula is C13H14N2O4S. The van der Waals surface area contributed by atoms with Crippen LogP contribution in [0, 0.1) is 0 Å². The second-order valence-electron chi connectivity index (χ2n) is 4.22. The highest BCUT2D eigenvalue weighted by molar-refractivity contribution is 7.88. The van der Waals surface area contributed by atoms with Crippen molar-refractivity contribution >= 4 is 21.6 Å². The number of nitrogens with one attached hydrogen (secondary N) is 2. The fourth-order valence-corrected chi connectivity index (χ4v) is 1.95. The fraction of sp³-hybridized carbons (Fsp3) is 0.154. The maximum absolute atomic E-state index is 11.7. The minimum absolute atomic E-state index is 0.214. The normalized spacial score (nSPS) is 11.2. The average molecular weight is 294 g/mol. The Morgan fingerprint density at radius 1 is 1.20 bits per heavy atom. The van der Waals surface area contributed by atoms with Crippen LogP contribution in [-0.2, 0) is 16.6 Å². The molecule has 0 aliphatic rings. The summed E-state index contributed by atoms with van der Waals surface area (Å²) in [6.45, 7) is 0.214. The number of amides is 1. The highest BCUT2D eigenvalue weighted by atomic mass is 32.2. The lowest BCUT2D eigenvalue weighted by Gasteiger charge is -2.06. The van der Waals surface area contributed by atoms with Crippen molar-refractivity contribution in [1.29, 1.82) is 0 Å². The summed E-state index contributed by atoms with van der Waals surface area (Å²) >= 11 is 0. The summed E-state index contributed by atoms with van der Waals surface area (Å²) in [6.07, 6.45) is 2.53. The van der Waals surface area contributed by atoms with Crippen molar-refractivity contribution in [3.05, 3.63) is 54.0 Å². The zero-order valence-electron chi connectivity index (χ0n) is 10.8. The molecule has 0 spiro atoms. The van der Waals surface area contributed by atoms with E-state index >= 15 is 0 Å². The maximum Gasteiger partial charge on any atom is 0.291 e. The van der Waals surface area contributed by atoms with E-state index in [1.807, 2.05) is 0 Å². The van der Waals surface area contributed by atoms with Crippen LogP contribution in [0.15, 0.2) is 47.1 Å². The van der Waals surface area contributed by atoms with E-state index < -0.39 is 10.0 Å². The largest absolute Gasteiger partial charge is 0.459 e. The fourth-order valence-electron chi connectivity index (χ4n) is 1.52. The van der Waals surface area contributed by atoms with E-state index in [1.54, 1.807) is 36.4 Å². The number of sulfonamides is 1. The Balaban J connectivity index is 1.96. The van der Waals surface area contributed by atoms with Gasteiger partial charge in [0.25, 0.3) is 5.91 Å². The molecule has 106 valence electrons. The van der Waals surface area contributed by atoms with Gasteiger partial charge in [0.2, 0.25) is 10.0 Å². The lowest BCUT2D eigenvalue weighted by atomic mass is 10.2. The molecule has 6 nitrogen and oxygen atoms in total. The second kappa shape index (κ2) is 5.89. The third-order valence-corrected chi connectivity index (χ3v) is 3.16. The minimum atomic E-state index is -3.21. The number of anilines is 1. The number of furan rings is 1. The molecule has 20 heavy (non-hydrogen) atoms. The highest BCUT2D eigenvalue weighted by Gasteiger charge is 2.08. The number of benzene rings is 1. The molecule has 0 fully saturated rings. The summed E-state index contributed by atoms with van der Waals surface area (Å²) in [5, 5.41) is 2.67. The standard InChI is InChI=1S/C13H14N2O4S/c1-20(17,18)14-9-10-4-6-11(7-5-10)15-13(16)12-3-2-8-19-12/h2-8,14H,9H2,1H3,(H,15,16). The molecule has 0 saturated carbocycles. The Labute approximate surface area is 116 Å². The van der Waals surface area contributed by atoms with E-state index in [4.69, 9.17) is 4.42 Å². The smallest absolute Gasteiger partial charge is 0.291 e. The summed E-state index contributed by atoms with van der Waals surface area (Å²) in [6, 6.07) is 10.1. The van der Waals surface area contributed by atoms with Crippen LogP contribution in [0.5, 0.6) is 0 Å². The molecule has 0 aliphatic heterocycles. The van der Waals surface area contributed by atoms with Crippen molar-refractivity contribution in [3.8, 4) is 0 Å². The van der Waals surface area contributed by atoms with Gasteiger partial charge in [0.15, 0.2) is 5.76 Å². The topological polar surface area (TPSA) is 88.4 Å². The molecule has 2 rings (SSSR count). The van der Waals surface area contributed by atoms with Crippen molar-refractivity contribution in [3.63, 3.8) is 0 Å². The van der Waals surface area contributed by atoms with Gasteiger partial charge in [-0.2, -0.15) is 0 Å². The molecule has 0 saturated heterocycles. The minimum Gasteiger partial charge on any atom is -0.459 e. The quantitative estimate of drug-likeness (QED) is 0.876. The predicted molar refractivity (Wildman–Crippen MR) is 74.8 cm³/mol. The lowest BCUT2D eigenvalue weighted by molar-refractivity contribution is 0.0996. The van der Waals surface area contributed by atoms with Crippen molar-refractivity contribution < 1.29 is 17.6 Å². The summed E-state index contributed by atoms with van der Waals surface area (Å²) in [7, 11) is -3.21. The van der Waals surface area contributed by atoms with Crippen LogP contribution >= 0.6 is 0 Å². The number of rotatable bonds is 5. The molecule has 2 N–H and O–H groups in total. The van der Waals surface area contributed by atoms with Crippen molar-refractivity contribution in [2.24, 2.45) is 0 Å². The van der Waals surface area contributed by atoms with Gasteiger partial charge >= 0.3 is 0 Å². The van der Waals surface area contributed by atoms with Crippen LogP contribution in [-0.4, -0.2) is 20.6 Å². The average Bonchev–Trinajstić information content (AvgIpc) is 2.91. The highest BCUT2D eigenvalue weighted by Crippen LogP contribution is 2.11. The zero-order valence-corrected chi connectivity index (χ0v) is 11.6. The van der Waals surface area contributed by atoms with Crippen LogP contribution in [0.1, 0.15) is 16.1 Å². The van der Waals surface area contributed by atoms with Gasteiger partial charge in [0.05, 0.1) is 12.5 Å². The molecule has 1 aromatic heterocycles. The van der Waals surface area contributed by atoms with Crippen molar-refractivity contribution in [2.45, 2.75) is 6.54 Å². The predicted octanol–water partition coefficient (Wildman–Crippen LogP) is 1.58. The molecule has 1 amide bonds. The van der Waals surface area contributed by atoms with E-state index in [9.17, 15) is 13.2 Å². The van der Waals surface area contributed by atoms with Gasteiger partial charge in [-0.25, -0.2) is 13.1 Å². The number of carbonyl (C=O) groups excluding carboxylic acids is 1. The van der Waals surface area contributed by atoms with Gasteiger partial charge in [-0.05, 0) is 29.8 Å². The molecule has 7 heteroatoms. The first kappa shape index (κ1) is 14.3. The van der Waals surface area contributed by atoms with E-state index in [2.05, 4.69) is 10.0 Å². The van der Waals surface area contributed by atoms with Gasteiger partial charge in [0, 0.05) is 12.2 Å². The Hall–Kier alpha value is -2.12. The first-order valence-electron chi connectivity index (χ1n) is 5.82. The molecule has 2 aromatic rings. The van der Waals surface area contributed by atoms with Gasteiger partial charge in [0.1, 0.15) is 0 Å². The SMILES string of the molecule is CS(=O)(=O)NCc1ccc(NC(=O)c2ccco2)cc1. The van der Waals surface area contributed by atoms with Crippen LogP contribution in [0.2, 0.25) is 0 Å². The Morgan fingerprint density at radius 2 is 1.90 bits per heavy atom. The van der Waals surface area contributed by atoms with Crippen LogP contribution in [0.4, 0.5) is 5.69 Å². The van der Waals surface area contributed by atoms with Gasteiger partial charge < -0.3 is 9.73 Å². The van der Waals surface area contributed by atoms with E-state index in [-0.39, 0.29) is 18.2 Å². The van der Waals surface area contributed by atoms with Gasteiger partial charge in [-0.3, -0.25) is 4.79 Å². The Bertz CT molecular complexity index is 676. The summed E-state index contributed by atoms with van der Waals surface area (Å²) < 4.78 is 29.3. The van der Waals surface area contributed by atoms with E-state index in [1.165, 1.54) is 6.26 Å². The van der Waals surface area contributed by atoms with E-state index in [0.29, 0.717) is 5.69 Å². The number of carbonyl (C=O) groups is 1. The third-order valence-electron chi connectivity index (χ3n) is 2.50. The van der Waals surface area contributed by atoms with Gasteiger partial charge in [-0.1, -0.05) is 12.1 Å². The number of hydrogen-bond donors (Lipinski definition) is 2. The zero-order chi connectivity index (χ0) is 14.6. The molecular weight excluding hydrogens is 280 g/mol. The third kappa shape index (κ3) is 4.22. The molecule has 0 unspecified atom stereocenters. The Morgan fingerprint density at radius 3 is 2.45 bits per heavy atom. The summed E-state index contributed by atoms with van der Waals surface area (Å²) in [5.41, 5.74) is 1.40. The molecule has 1 heterocycles. The van der Waals surface area contributed by atoms with Crippen LogP contribution in [0.3, 0.4) is 0 Å². The first-order chi connectivity index (χ1) is 9.44. The van der Waals surface area contributed by atoms with Crippen LogP contribution in [0.25, 0.3) is 0 Å². The van der Waals surface area contributed by atoms with Crippen molar-refractivity contribution in [2.75, 3.05) is 11.6 Å². The Kier molecular flexibility index (Phi) is 4.21. The number of hydrogen-bond acceptors (Lipinski definition) is 4. The first-order valence-corrected chi connectivity index (χ1v) is 7.71. The van der Waals surface area contributed by atoms with Crippen molar-refractivity contribution in [1.82, 2.24) is 4.72 Å². The van der Waals surface area contributed by atoms with Crippen LogP contribution < -0.4 is 10.0 Å². The molecule has 0 bridgehead atoms. The lowest BCUT2D eigenvalue weighted by Crippen LogP contribution is -2.21. The summed E-state index contributed by atoms with van der Waals surface area (Å²) in [5.74, 6) is -0.107. The van der Waals surface area contributed by atoms with E-state index in [0.717, 1.165) is 11.8 Å². The van der Waals surface area contributed by atoms with Gasteiger partial charge in [-0.15, -0.1) is 0 Å². The molecule has 0 atom stereocenters. The molecule has 0 aliphatic carbocycles.